The maximum atomic E-state index is 15.0. The van der Waals surface area contributed by atoms with Gasteiger partial charge in [-0.15, -0.1) is 0 Å². The molecule has 3 aromatic rings. The van der Waals surface area contributed by atoms with Gasteiger partial charge in [-0.2, -0.15) is 0 Å². The molecule has 1 aliphatic rings. The van der Waals surface area contributed by atoms with Gasteiger partial charge < -0.3 is 10.2 Å². The van der Waals surface area contributed by atoms with Crippen LogP contribution in [0.4, 0.5) is 15.9 Å². The maximum absolute atomic E-state index is 15.0. The molecule has 1 aromatic heterocycles. The summed E-state index contributed by atoms with van der Waals surface area (Å²) >= 11 is 18.9. The number of hydrogen-bond donors (Lipinski definition) is 2. The van der Waals surface area contributed by atoms with Crippen LogP contribution in [0.25, 0.3) is 0 Å². The van der Waals surface area contributed by atoms with E-state index in [1.807, 2.05) is 26.2 Å². The molecule has 2 N–H and O–H groups in total. The first kappa shape index (κ1) is 26.9. The molecule has 192 valence electrons. The Balaban J connectivity index is 1.53. The largest absolute Gasteiger partial charge is 0.379 e. The molecule has 7 nitrogen and oxygen atoms in total. The average Bonchev–Trinajstić information content (AvgIpc) is 2.81. The highest BCUT2D eigenvalue weighted by atomic mass is 35.5. The molecule has 1 fully saturated rings. The second kappa shape index (κ2) is 11.1. The highest BCUT2D eigenvalue weighted by Crippen LogP contribution is 2.39. The van der Waals surface area contributed by atoms with Gasteiger partial charge in [0.2, 0.25) is 0 Å². The third-order valence-electron chi connectivity index (χ3n) is 6.31. The minimum absolute atomic E-state index is 0.0225. The number of halogens is 4. The predicted molar refractivity (Wildman–Crippen MR) is 142 cm³/mol. The Bertz CT molecular complexity index is 1320. The van der Waals surface area contributed by atoms with Crippen LogP contribution in [-0.2, 0) is 10.0 Å². The molecule has 12 heteroatoms. The van der Waals surface area contributed by atoms with E-state index in [0.717, 1.165) is 37.0 Å². The molecule has 36 heavy (non-hydrogen) atoms. The summed E-state index contributed by atoms with van der Waals surface area (Å²) in [5, 5.41) is 4.65. The quantitative estimate of drug-likeness (QED) is 0.358. The van der Waals surface area contributed by atoms with E-state index in [-0.39, 0.29) is 28.8 Å². The molecule has 0 amide bonds. The number of aromatic nitrogens is 2. The molecule has 1 saturated carbocycles. The molecule has 4 rings (SSSR count). The molecule has 0 bridgehead atoms. The van der Waals surface area contributed by atoms with E-state index in [2.05, 4.69) is 24.9 Å². The van der Waals surface area contributed by atoms with Crippen molar-refractivity contribution < 1.29 is 12.8 Å². The minimum atomic E-state index is -4.24. The fourth-order valence-corrected chi connectivity index (χ4v) is 6.51. The Morgan fingerprint density at radius 3 is 2.42 bits per heavy atom. The van der Waals surface area contributed by atoms with Gasteiger partial charge in [0, 0.05) is 28.3 Å². The fourth-order valence-electron chi connectivity index (χ4n) is 4.59. The highest BCUT2D eigenvalue weighted by molar-refractivity contribution is 7.92. The second-order valence-corrected chi connectivity index (χ2v) is 11.9. The maximum Gasteiger partial charge on any atom is 0.266 e. The number of hydrogen-bond acceptors (Lipinski definition) is 6. The first-order valence-electron chi connectivity index (χ1n) is 11.2. The number of benzene rings is 2. The van der Waals surface area contributed by atoms with Crippen LogP contribution >= 0.6 is 34.8 Å². The Kier molecular flexibility index (Phi) is 8.26. The number of likely N-dealkylation sites (N-methyl/N-ethyl adjacent to an activating group) is 1. The summed E-state index contributed by atoms with van der Waals surface area (Å²) in [4.78, 5) is 9.09. The summed E-state index contributed by atoms with van der Waals surface area (Å²) in [6.07, 6.45) is 5.04. The number of anilines is 2. The van der Waals surface area contributed by atoms with Gasteiger partial charge in [-0.05, 0) is 81.2 Å². The molecule has 0 unspecified atom stereocenters. The summed E-state index contributed by atoms with van der Waals surface area (Å²) in [6.45, 7) is 0. The molecular weight excluding hydrogens is 548 g/mol. The molecule has 1 heterocycles. The molecule has 1 aliphatic carbocycles. The SMILES string of the molecule is CN(C)[C@H]1C[C@@H](c2cc(Cl)cc(Cl)c2)CC[C@@H]1Nc1cc(F)c(S(=O)(=O)Nc2ccncn2)cc1Cl. The van der Waals surface area contributed by atoms with E-state index in [9.17, 15) is 8.42 Å². The van der Waals surface area contributed by atoms with E-state index in [1.165, 1.54) is 18.6 Å². The zero-order valence-electron chi connectivity index (χ0n) is 19.6. The van der Waals surface area contributed by atoms with Crippen molar-refractivity contribution in [1.82, 2.24) is 14.9 Å². The summed E-state index contributed by atoms with van der Waals surface area (Å²) in [6, 6.07) is 9.25. The van der Waals surface area contributed by atoms with Crippen LogP contribution < -0.4 is 10.0 Å². The predicted octanol–water partition coefficient (Wildman–Crippen LogP) is 6.06. The average molecular weight is 573 g/mol. The number of nitrogens with zero attached hydrogens (tertiary/aromatic N) is 3. The van der Waals surface area contributed by atoms with Gasteiger partial charge in [-0.3, -0.25) is 4.72 Å². The lowest BCUT2D eigenvalue weighted by atomic mass is 9.78. The first-order chi connectivity index (χ1) is 17.0. The molecule has 0 saturated heterocycles. The molecular formula is C24H25Cl3FN5O2S. The summed E-state index contributed by atoms with van der Waals surface area (Å²) < 4.78 is 42.7. The van der Waals surface area contributed by atoms with Crippen LogP contribution in [0.1, 0.15) is 30.7 Å². The minimum Gasteiger partial charge on any atom is -0.379 e. The third kappa shape index (κ3) is 6.20. The lowest BCUT2D eigenvalue weighted by Crippen LogP contribution is -2.47. The lowest BCUT2D eigenvalue weighted by molar-refractivity contribution is 0.196. The van der Waals surface area contributed by atoms with Crippen LogP contribution in [0.15, 0.2) is 53.8 Å². The van der Waals surface area contributed by atoms with Gasteiger partial charge in [0.05, 0.1) is 10.7 Å². The number of rotatable bonds is 7. The van der Waals surface area contributed by atoms with Gasteiger partial charge in [-0.1, -0.05) is 34.8 Å². The van der Waals surface area contributed by atoms with Crippen molar-refractivity contribution in [2.45, 2.75) is 42.2 Å². The Morgan fingerprint density at radius 2 is 1.78 bits per heavy atom. The topological polar surface area (TPSA) is 87.2 Å². The van der Waals surface area contributed by atoms with Crippen molar-refractivity contribution in [3.8, 4) is 0 Å². The van der Waals surface area contributed by atoms with Gasteiger partial charge in [-0.25, -0.2) is 22.8 Å². The van der Waals surface area contributed by atoms with Crippen LogP contribution in [0.5, 0.6) is 0 Å². The summed E-state index contributed by atoms with van der Waals surface area (Å²) in [5.41, 5.74) is 1.42. The number of nitrogens with one attached hydrogen (secondary N) is 2. The standard InChI is InChI=1S/C24H25Cl3FN5O2S/c1-33(2)22-9-14(15-7-16(25)10-17(26)8-15)3-4-20(22)31-21-12-19(28)23(11-18(21)27)36(34,35)32-24-5-6-29-13-30-24/h5-8,10-14,20,22,31H,3-4,9H2,1-2H3,(H,29,30,32)/t14-,20-,22-/m0/s1. The van der Waals surface area contributed by atoms with Gasteiger partial charge in [0.1, 0.15) is 22.9 Å². The second-order valence-electron chi connectivity index (χ2n) is 8.96. The summed E-state index contributed by atoms with van der Waals surface area (Å²) in [5.74, 6) is -0.638. The molecule has 3 atom stereocenters. The van der Waals surface area contributed by atoms with Gasteiger partial charge in [0.15, 0.2) is 0 Å². The zero-order chi connectivity index (χ0) is 26.0. The van der Waals surface area contributed by atoms with Crippen LogP contribution in [0.3, 0.4) is 0 Å². The fraction of sp³-hybridized carbons (Fsp3) is 0.333. The molecule has 0 spiro atoms. The number of sulfonamides is 1. The van der Waals surface area contributed by atoms with Crippen molar-refractivity contribution in [2.75, 3.05) is 24.1 Å². The van der Waals surface area contributed by atoms with Gasteiger partial charge >= 0.3 is 0 Å². The van der Waals surface area contributed by atoms with E-state index >= 15 is 4.39 Å². The van der Waals surface area contributed by atoms with E-state index in [4.69, 9.17) is 34.8 Å². The van der Waals surface area contributed by atoms with Crippen LogP contribution in [0.2, 0.25) is 15.1 Å². The normalized spacial score (nSPS) is 20.4. The Labute approximate surface area is 225 Å². The highest BCUT2D eigenvalue weighted by Gasteiger charge is 2.33. The Morgan fingerprint density at radius 1 is 1.06 bits per heavy atom. The smallest absolute Gasteiger partial charge is 0.266 e. The molecule has 0 radical (unpaired) electrons. The monoisotopic (exact) mass is 571 g/mol. The molecule has 0 aliphatic heterocycles. The van der Waals surface area contributed by atoms with Crippen molar-refractivity contribution in [3.63, 3.8) is 0 Å². The van der Waals surface area contributed by atoms with Crippen LogP contribution in [-0.4, -0.2) is 49.5 Å². The van der Waals surface area contributed by atoms with Crippen molar-refractivity contribution in [3.05, 3.63) is 75.4 Å². The van der Waals surface area contributed by atoms with Crippen molar-refractivity contribution in [2.24, 2.45) is 0 Å². The third-order valence-corrected chi connectivity index (χ3v) is 8.43. The van der Waals surface area contributed by atoms with Crippen LogP contribution in [0, 0.1) is 5.82 Å². The van der Waals surface area contributed by atoms with E-state index in [1.54, 1.807) is 6.07 Å². The zero-order valence-corrected chi connectivity index (χ0v) is 22.6. The van der Waals surface area contributed by atoms with E-state index < -0.39 is 20.7 Å². The molecule has 2 aromatic carbocycles. The van der Waals surface area contributed by atoms with E-state index in [0.29, 0.717) is 15.7 Å². The first-order valence-corrected chi connectivity index (χ1v) is 13.8. The Hall–Kier alpha value is -2.17. The lowest BCUT2D eigenvalue weighted by Gasteiger charge is -2.41. The van der Waals surface area contributed by atoms with Crippen molar-refractivity contribution in [1.29, 1.82) is 0 Å². The summed E-state index contributed by atoms with van der Waals surface area (Å²) in [7, 11) is -0.264. The van der Waals surface area contributed by atoms with Gasteiger partial charge in [0.25, 0.3) is 10.0 Å². The van der Waals surface area contributed by atoms with Crippen molar-refractivity contribution >= 4 is 56.3 Å².